The summed E-state index contributed by atoms with van der Waals surface area (Å²) in [5.74, 6) is 0.974. The number of hydrogen-bond acceptors (Lipinski definition) is 3. The molecule has 0 spiro atoms. The van der Waals surface area contributed by atoms with Gasteiger partial charge < -0.3 is 5.32 Å². The molecule has 0 bridgehead atoms. The van der Waals surface area contributed by atoms with Crippen LogP contribution in [0.3, 0.4) is 0 Å². The highest BCUT2D eigenvalue weighted by Crippen LogP contribution is 2.34. The maximum absolute atomic E-state index is 12.9. The molecule has 1 aromatic rings. The molecule has 3 nitrogen and oxygen atoms in total. The van der Waals surface area contributed by atoms with Crippen molar-refractivity contribution >= 4 is 15.5 Å². The first kappa shape index (κ1) is 14.3. The van der Waals surface area contributed by atoms with Crippen molar-refractivity contribution in [2.45, 2.75) is 10.4 Å². The second kappa shape index (κ2) is 4.86. The lowest BCUT2D eigenvalue weighted by atomic mass is 10.3. The molecule has 0 aliphatic heterocycles. The van der Waals surface area contributed by atoms with E-state index in [1.165, 1.54) is 0 Å². The summed E-state index contributed by atoms with van der Waals surface area (Å²) in [4.78, 5) is -1.19. The normalized spacial score (nSPS) is 11.9. The number of nitrogens with one attached hydrogen (secondary N) is 1. The highest BCUT2D eigenvalue weighted by molar-refractivity contribution is 7.92. The van der Waals surface area contributed by atoms with Gasteiger partial charge in [-0.05, 0) is 18.2 Å². The quantitative estimate of drug-likeness (QED) is 0.682. The molecular weight excluding hydrogens is 274 g/mol. The van der Waals surface area contributed by atoms with Crippen molar-refractivity contribution in [3.05, 3.63) is 24.0 Å². The molecule has 1 N–H and O–H groups in total. The third-order valence-electron chi connectivity index (χ3n) is 1.92. The Labute approximate surface area is 101 Å². The van der Waals surface area contributed by atoms with Gasteiger partial charge >= 0.3 is 5.51 Å². The first-order valence-corrected chi connectivity index (χ1v) is 5.96. The molecule has 1 rings (SSSR count). The molecule has 8 heteroatoms. The lowest BCUT2D eigenvalue weighted by Crippen LogP contribution is -2.24. The van der Waals surface area contributed by atoms with Gasteiger partial charge in [-0.25, -0.2) is 12.8 Å². The Morgan fingerprint density at radius 2 is 1.94 bits per heavy atom. The standard InChI is InChI=1S/C10H7F4NO2S/c1-2-5-15-8-4-3-7(11)6-9(8)18(16,17)10(12,13)14/h1,3-4,6,15H,5H2. The molecule has 0 saturated heterocycles. The molecule has 0 aliphatic carbocycles. The predicted molar refractivity (Wildman–Crippen MR) is 57.0 cm³/mol. The summed E-state index contributed by atoms with van der Waals surface area (Å²) in [7, 11) is -5.63. The van der Waals surface area contributed by atoms with Crippen molar-refractivity contribution < 1.29 is 26.0 Å². The van der Waals surface area contributed by atoms with Gasteiger partial charge in [0.05, 0.1) is 12.2 Å². The topological polar surface area (TPSA) is 46.2 Å². The van der Waals surface area contributed by atoms with Crippen LogP contribution in [-0.4, -0.2) is 20.5 Å². The third-order valence-corrected chi connectivity index (χ3v) is 3.44. The number of terminal acetylenes is 1. The van der Waals surface area contributed by atoms with Gasteiger partial charge in [-0.3, -0.25) is 0 Å². The summed E-state index contributed by atoms with van der Waals surface area (Å²) in [6.45, 7) is -0.188. The van der Waals surface area contributed by atoms with Gasteiger partial charge in [-0.15, -0.1) is 6.42 Å². The molecule has 98 valence electrons. The second-order valence-corrected chi connectivity index (χ2v) is 5.06. The van der Waals surface area contributed by atoms with Gasteiger partial charge in [0.15, 0.2) is 0 Å². The fourth-order valence-corrected chi connectivity index (χ4v) is 2.08. The minimum atomic E-state index is -5.63. The summed E-state index contributed by atoms with van der Waals surface area (Å²) in [6.07, 6.45) is 4.89. The smallest absolute Gasteiger partial charge is 0.373 e. The van der Waals surface area contributed by atoms with E-state index in [9.17, 15) is 26.0 Å². The molecule has 0 amide bonds. The van der Waals surface area contributed by atoms with E-state index in [1.54, 1.807) is 0 Å². The van der Waals surface area contributed by atoms with Crippen LogP contribution in [0.4, 0.5) is 23.2 Å². The Morgan fingerprint density at radius 3 is 2.44 bits per heavy atom. The predicted octanol–water partition coefficient (Wildman–Crippen LogP) is 2.16. The molecular formula is C10H7F4NO2S. The minimum absolute atomic E-state index is 0.188. The lowest BCUT2D eigenvalue weighted by Gasteiger charge is -2.13. The zero-order chi connectivity index (χ0) is 14.0. The van der Waals surface area contributed by atoms with Gasteiger partial charge in [0.2, 0.25) is 0 Å². The molecule has 0 saturated carbocycles. The Kier molecular flexibility index (Phi) is 3.86. The van der Waals surface area contributed by atoms with Crippen LogP contribution in [-0.2, 0) is 9.84 Å². The number of alkyl halides is 3. The van der Waals surface area contributed by atoms with Crippen molar-refractivity contribution in [3.8, 4) is 12.3 Å². The SMILES string of the molecule is C#CCNc1ccc(F)cc1S(=O)(=O)C(F)(F)F. The Morgan fingerprint density at radius 1 is 1.33 bits per heavy atom. The number of rotatable bonds is 3. The fraction of sp³-hybridized carbons (Fsp3) is 0.200. The van der Waals surface area contributed by atoms with E-state index in [-0.39, 0.29) is 6.54 Å². The zero-order valence-electron chi connectivity index (χ0n) is 8.75. The van der Waals surface area contributed by atoms with Crippen molar-refractivity contribution in [1.29, 1.82) is 0 Å². The number of sulfone groups is 1. The van der Waals surface area contributed by atoms with Crippen molar-refractivity contribution in [1.82, 2.24) is 0 Å². The van der Waals surface area contributed by atoms with Crippen molar-refractivity contribution in [2.75, 3.05) is 11.9 Å². The van der Waals surface area contributed by atoms with Crippen molar-refractivity contribution in [3.63, 3.8) is 0 Å². The van der Waals surface area contributed by atoms with E-state index in [0.717, 1.165) is 12.1 Å². The third kappa shape index (κ3) is 2.73. The molecule has 18 heavy (non-hydrogen) atoms. The Hall–Kier alpha value is -1.75. The average molecular weight is 281 g/mol. The molecule has 0 aromatic heterocycles. The number of halogens is 4. The first-order valence-electron chi connectivity index (χ1n) is 4.48. The molecule has 0 atom stereocenters. The van der Waals surface area contributed by atoms with Crippen LogP contribution < -0.4 is 5.32 Å². The van der Waals surface area contributed by atoms with Gasteiger partial charge in [0.25, 0.3) is 9.84 Å². The molecule has 0 unspecified atom stereocenters. The van der Waals surface area contributed by atoms with Crippen LogP contribution in [0.2, 0.25) is 0 Å². The van der Waals surface area contributed by atoms with Crippen LogP contribution in [0.5, 0.6) is 0 Å². The lowest BCUT2D eigenvalue weighted by molar-refractivity contribution is -0.0435. The summed E-state index contributed by atoms with van der Waals surface area (Å²) in [6, 6.07) is 2.00. The van der Waals surface area contributed by atoms with Crippen LogP contribution in [0.1, 0.15) is 0 Å². The van der Waals surface area contributed by atoms with Gasteiger partial charge in [-0.2, -0.15) is 13.2 Å². The fourth-order valence-electron chi connectivity index (χ4n) is 1.14. The first-order chi connectivity index (χ1) is 8.20. The summed E-state index contributed by atoms with van der Waals surface area (Å²) < 4.78 is 72.4. The molecule has 0 radical (unpaired) electrons. The summed E-state index contributed by atoms with van der Waals surface area (Å²) >= 11 is 0. The maximum Gasteiger partial charge on any atom is 0.501 e. The highest BCUT2D eigenvalue weighted by atomic mass is 32.2. The molecule has 0 heterocycles. The molecule has 1 aromatic carbocycles. The van der Waals surface area contributed by atoms with Gasteiger partial charge in [-0.1, -0.05) is 5.92 Å². The van der Waals surface area contributed by atoms with E-state index in [4.69, 9.17) is 6.42 Å². The van der Waals surface area contributed by atoms with Gasteiger partial charge in [0.1, 0.15) is 10.7 Å². The molecule has 0 aliphatic rings. The van der Waals surface area contributed by atoms with E-state index in [2.05, 4.69) is 11.2 Å². The largest absolute Gasteiger partial charge is 0.501 e. The van der Waals surface area contributed by atoms with Crippen molar-refractivity contribution in [2.24, 2.45) is 0 Å². The maximum atomic E-state index is 12.9. The van der Waals surface area contributed by atoms with E-state index < -0.39 is 31.7 Å². The number of benzene rings is 1. The van der Waals surface area contributed by atoms with E-state index in [0.29, 0.717) is 6.07 Å². The number of hydrogen-bond donors (Lipinski definition) is 1. The number of anilines is 1. The van der Waals surface area contributed by atoms with E-state index in [1.807, 2.05) is 0 Å². The highest BCUT2D eigenvalue weighted by Gasteiger charge is 2.48. The van der Waals surface area contributed by atoms with Crippen LogP contribution in [0.15, 0.2) is 23.1 Å². The Bertz CT molecular complexity index is 587. The second-order valence-electron chi connectivity index (χ2n) is 3.15. The van der Waals surface area contributed by atoms with Crippen LogP contribution in [0.25, 0.3) is 0 Å². The monoisotopic (exact) mass is 281 g/mol. The Balaban J connectivity index is 3.39. The van der Waals surface area contributed by atoms with Crippen LogP contribution in [0, 0.1) is 18.2 Å². The zero-order valence-corrected chi connectivity index (χ0v) is 9.57. The van der Waals surface area contributed by atoms with Crippen LogP contribution >= 0.6 is 0 Å². The molecule has 0 fully saturated rings. The minimum Gasteiger partial charge on any atom is -0.373 e. The van der Waals surface area contributed by atoms with E-state index >= 15 is 0 Å². The summed E-state index contributed by atoms with van der Waals surface area (Å²) in [5.41, 5.74) is -5.90. The van der Waals surface area contributed by atoms with Gasteiger partial charge in [0, 0.05) is 0 Å². The average Bonchev–Trinajstić information content (AvgIpc) is 2.25. The summed E-state index contributed by atoms with van der Waals surface area (Å²) in [5, 5.41) is 2.29.